The van der Waals surface area contributed by atoms with Crippen molar-refractivity contribution in [3.8, 4) is 0 Å². The van der Waals surface area contributed by atoms with Crippen molar-refractivity contribution in [3.63, 3.8) is 0 Å². The molecule has 1 aliphatic carbocycles. The van der Waals surface area contributed by atoms with Crippen LogP contribution in [0.1, 0.15) is 25.8 Å². The molecular formula is C13H20N5O5P. The zero-order valence-corrected chi connectivity index (χ0v) is 14.3. The summed E-state index contributed by atoms with van der Waals surface area (Å²) < 4.78 is 29.2. The molecule has 0 radical (unpaired) electrons. The number of rotatable bonds is 6. The number of hydrogen-bond donors (Lipinski definition) is 2. The highest BCUT2D eigenvalue weighted by Crippen LogP contribution is 2.49. The summed E-state index contributed by atoms with van der Waals surface area (Å²) in [4.78, 5) is 22.0. The predicted octanol–water partition coefficient (Wildman–Crippen LogP) is 1.28. The summed E-state index contributed by atoms with van der Waals surface area (Å²) in [6, 6.07) is -0.281. The Bertz CT molecular complexity index is 768. The molecule has 3 rings (SSSR count). The van der Waals surface area contributed by atoms with Gasteiger partial charge in [-0.25, -0.2) is 19.5 Å². The van der Waals surface area contributed by atoms with Crippen LogP contribution in [0.15, 0.2) is 12.7 Å². The highest BCUT2D eigenvalue weighted by Gasteiger charge is 2.41. The number of ether oxygens (including phenoxy) is 1. The standard InChI is InChI=1S/C13H20N5O5P/c1-3-22-8-4-9(10(5-8)23-24(19,20)21-2)18-7-17-11-12(14)15-6-16-13(11)18/h6-10H,3-5H2,1-2H3,(H,19,20)(H2,14,15,16). The Labute approximate surface area is 138 Å². The van der Waals surface area contributed by atoms with Gasteiger partial charge in [0.1, 0.15) is 11.8 Å². The van der Waals surface area contributed by atoms with Gasteiger partial charge in [-0.3, -0.25) is 9.05 Å². The molecule has 3 N–H and O–H groups in total. The molecule has 0 saturated heterocycles. The topological polar surface area (TPSA) is 135 Å². The van der Waals surface area contributed by atoms with E-state index in [0.29, 0.717) is 30.6 Å². The molecule has 11 heteroatoms. The summed E-state index contributed by atoms with van der Waals surface area (Å²) >= 11 is 0. The van der Waals surface area contributed by atoms with Crippen molar-refractivity contribution in [3.05, 3.63) is 12.7 Å². The maximum Gasteiger partial charge on any atom is 0.472 e. The predicted molar refractivity (Wildman–Crippen MR) is 85.1 cm³/mol. The quantitative estimate of drug-likeness (QED) is 0.733. The zero-order valence-electron chi connectivity index (χ0n) is 13.4. The Balaban J connectivity index is 1.95. The summed E-state index contributed by atoms with van der Waals surface area (Å²) in [5, 5.41) is 0. The minimum Gasteiger partial charge on any atom is -0.382 e. The van der Waals surface area contributed by atoms with Crippen LogP contribution in [0.2, 0.25) is 0 Å². The van der Waals surface area contributed by atoms with E-state index in [1.54, 1.807) is 10.9 Å². The van der Waals surface area contributed by atoms with Crippen molar-refractivity contribution in [1.29, 1.82) is 0 Å². The average Bonchev–Trinajstić information content (AvgIpc) is 3.12. The minimum absolute atomic E-state index is 0.0986. The molecule has 0 bridgehead atoms. The number of phosphoric ester groups is 1. The highest BCUT2D eigenvalue weighted by molar-refractivity contribution is 7.47. The Kier molecular flexibility index (Phi) is 4.84. The molecule has 1 aliphatic rings. The van der Waals surface area contributed by atoms with Gasteiger partial charge < -0.3 is 19.9 Å². The van der Waals surface area contributed by atoms with Crippen molar-refractivity contribution >= 4 is 24.8 Å². The molecule has 1 fully saturated rings. The fraction of sp³-hybridized carbons (Fsp3) is 0.615. The van der Waals surface area contributed by atoms with Crippen molar-refractivity contribution in [2.75, 3.05) is 19.5 Å². The molecule has 10 nitrogen and oxygen atoms in total. The Morgan fingerprint density at radius 3 is 2.92 bits per heavy atom. The van der Waals surface area contributed by atoms with Crippen LogP contribution in [0, 0.1) is 0 Å². The Morgan fingerprint density at radius 2 is 2.21 bits per heavy atom. The third kappa shape index (κ3) is 3.28. The van der Waals surface area contributed by atoms with Gasteiger partial charge in [-0.05, 0) is 13.3 Å². The summed E-state index contributed by atoms with van der Waals surface area (Å²) in [5.74, 6) is 0.278. The van der Waals surface area contributed by atoms with Crippen molar-refractivity contribution in [1.82, 2.24) is 19.5 Å². The monoisotopic (exact) mass is 357 g/mol. The van der Waals surface area contributed by atoms with E-state index < -0.39 is 13.9 Å². The number of hydrogen-bond acceptors (Lipinski definition) is 8. The largest absolute Gasteiger partial charge is 0.472 e. The molecule has 24 heavy (non-hydrogen) atoms. The van der Waals surface area contributed by atoms with Gasteiger partial charge in [0.15, 0.2) is 11.5 Å². The summed E-state index contributed by atoms with van der Waals surface area (Å²) in [6.45, 7) is 2.45. The highest BCUT2D eigenvalue weighted by atomic mass is 31.2. The van der Waals surface area contributed by atoms with E-state index in [-0.39, 0.29) is 18.0 Å². The second kappa shape index (κ2) is 6.73. The van der Waals surface area contributed by atoms with Crippen LogP contribution < -0.4 is 5.73 Å². The zero-order chi connectivity index (χ0) is 17.3. The second-order valence-electron chi connectivity index (χ2n) is 5.49. The lowest BCUT2D eigenvalue weighted by atomic mass is 10.2. The maximum absolute atomic E-state index is 11.8. The molecule has 4 atom stereocenters. The van der Waals surface area contributed by atoms with Gasteiger partial charge in [0.25, 0.3) is 0 Å². The molecule has 0 aromatic carbocycles. The van der Waals surface area contributed by atoms with Gasteiger partial charge in [-0.2, -0.15) is 0 Å². The number of imidazole rings is 1. The van der Waals surface area contributed by atoms with E-state index in [4.69, 9.17) is 15.0 Å². The van der Waals surface area contributed by atoms with Gasteiger partial charge in [0.2, 0.25) is 0 Å². The van der Waals surface area contributed by atoms with Gasteiger partial charge in [-0.1, -0.05) is 0 Å². The fourth-order valence-corrected chi connectivity index (χ4v) is 3.69. The van der Waals surface area contributed by atoms with Crippen LogP contribution >= 0.6 is 7.82 Å². The first kappa shape index (κ1) is 17.2. The van der Waals surface area contributed by atoms with Crippen LogP contribution in [0.25, 0.3) is 11.2 Å². The van der Waals surface area contributed by atoms with Crippen LogP contribution in [-0.2, 0) is 18.3 Å². The van der Waals surface area contributed by atoms with Gasteiger partial charge in [0.05, 0.1) is 24.6 Å². The van der Waals surface area contributed by atoms with Crippen LogP contribution in [-0.4, -0.2) is 50.3 Å². The average molecular weight is 357 g/mol. The minimum atomic E-state index is -4.12. The van der Waals surface area contributed by atoms with Crippen LogP contribution in [0.3, 0.4) is 0 Å². The van der Waals surface area contributed by atoms with E-state index in [1.807, 2.05) is 6.92 Å². The van der Waals surface area contributed by atoms with Gasteiger partial charge >= 0.3 is 7.82 Å². The molecule has 1 saturated carbocycles. The normalized spacial score (nSPS) is 26.7. The number of phosphoric acid groups is 1. The first-order valence-electron chi connectivity index (χ1n) is 7.56. The Hall–Kier alpha value is -1.58. The number of nitrogens with zero attached hydrogens (tertiary/aromatic N) is 4. The lowest BCUT2D eigenvalue weighted by molar-refractivity contribution is 0.0529. The van der Waals surface area contributed by atoms with E-state index in [2.05, 4.69) is 19.5 Å². The smallest absolute Gasteiger partial charge is 0.382 e. The molecule has 0 aliphatic heterocycles. The fourth-order valence-electron chi connectivity index (χ4n) is 3.04. The molecule has 2 heterocycles. The van der Waals surface area contributed by atoms with E-state index in [0.717, 1.165) is 7.11 Å². The molecule has 2 aromatic heterocycles. The Morgan fingerprint density at radius 1 is 1.42 bits per heavy atom. The SMILES string of the molecule is CCOC1CC(OP(=O)(O)OC)C(n2cnc3c(N)ncnc32)C1. The van der Waals surface area contributed by atoms with Crippen molar-refractivity contribution < 1.29 is 23.2 Å². The number of nitrogens with two attached hydrogens (primary N) is 1. The van der Waals surface area contributed by atoms with Gasteiger partial charge in [0, 0.05) is 20.1 Å². The first-order chi connectivity index (χ1) is 11.4. The van der Waals surface area contributed by atoms with Crippen LogP contribution in [0.4, 0.5) is 5.82 Å². The molecule has 132 valence electrons. The summed E-state index contributed by atoms with van der Waals surface area (Å²) in [5.41, 5.74) is 6.84. The lowest BCUT2D eigenvalue weighted by Crippen LogP contribution is -2.21. The van der Waals surface area contributed by atoms with Crippen molar-refractivity contribution in [2.24, 2.45) is 0 Å². The van der Waals surface area contributed by atoms with Gasteiger partial charge in [-0.15, -0.1) is 0 Å². The summed E-state index contributed by atoms with van der Waals surface area (Å²) in [6.07, 6.45) is 3.32. The number of nitrogen functional groups attached to an aromatic ring is 1. The van der Waals surface area contributed by atoms with Crippen molar-refractivity contribution in [2.45, 2.75) is 38.0 Å². The number of anilines is 1. The summed E-state index contributed by atoms with van der Waals surface area (Å²) in [7, 11) is -2.99. The third-order valence-electron chi connectivity index (χ3n) is 4.07. The van der Waals surface area contributed by atoms with E-state index >= 15 is 0 Å². The van der Waals surface area contributed by atoms with Crippen LogP contribution in [0.5, 0.6) is 0 Å². The lowest BCUT2D eigenvalue weighted by Gasteiger charge is -2.22. The molecule has 2 aromatic rings. The third-order valence-corrected chi connectivity index (χ3v) is 5.07. The maximum atomic E-state index is 11.8. The van der Waals surface area contributed by atoms with E-state index in [9.17, 15) is 9.46 Å². The molecule has 0 amide bonds. The van der Waals surface area contributed by atoms with E-state index in [1.165, 1.54) is 6.33 Å². The molecule has 0 spiro atoms. The number of aromatic nitrogens is 4. The molecule has 4 unspecified atom stereocenters. The second-order valence-corrected chi connectivity index (χ2v) is 7.01. The first-order valence-corrected chi connectivity index (χ1v) is 9.06. The number of fused-ring (bicyclic) bond motifs is 1. The molecular weight excluding hydrogens is 337 g/mol.